The lowest BCUT2D eigenvalue weighted by molar-refractivity contribution is 0.0130. The summed E-state index contributed by atoms with van der Waals surface area (Å²) in [5.74, 6) is 0.706. The van der Waals surface area contributed by atoms with Crippen molar-refractivity contribution in [2.24, 2.45) is 0 Å². The molecule has 37 heavy (non-hydrogen) atoms. The third-order valence-electron chi connectivity index (χ3n) is 6.09. The van der Waals surface area contributed by atoms with Gasteiger partial charge >= 0.3 is 11.8 Å². The number of aromatic nitrogens is 2. The van der Waals surface area contributed by atoms with Gasteiger partial charge in [0.05, 0.1) is 27.8 Å². The maximum absolute atomic E-state index is 13.3. The Bertz CT molecular complexity index is 1410. The zero-order valence-corrected chi connectivity index (χ0v) is 24.6. The average Bonchev–Trinajstić information content (AvgIpc) is 2.93. The lowest BCUT2D eigenvalue weighted by Gasteiger charge is -2.45. The van der Waals surface area contributed by atoms with Gasteiger partial charge < -0.3 is 19.3 Å². The Labute approximate surface area is 228 Å². The Balaban J connectivity index is 1.78. The van der Waals surface area contributed by atoms with Gasteiger partial charge in [0.25, 0.3) is 10.1 Å². The van der Waals surface area contributed by atoms with Crippen LogP contribution < -0.4 is 15.3 Å². The van der Waals surface area contributed by atoms with Gasteiger partial charge in [-0.2, -0.15) is 13.4 Å². The summed E-state index contributed by atoms with van der Waals surface area (Å²) >= 11 is 9.97. The molecular weight excluding hydrogens is 592 g/mol. The second-order valence-corrected chi connectivity index (χ2v) is 13.2. The molecule has 0 spiro atoms. The SMILES string of the molecule is C[C@@H]1CN(c2nc(=O)n3c4c(c(Br)c(Cl)cc24)OCC(OS(C)(=O)=O)C3)[C@@H](C)CN1C(=O)OC(C)(C)C. The summed E-state index contributed by atoms with van der Waals surface area (Å²) < 4.78 is 41.9. The maximum atomic E-state index is 13.3. The molecule has 1 saturated heterocycles. The molecule has 1 fully saturated rings. The first-order chi connectivity index (χ1) is 17.1. The van der Waals surface area contributed by atoms with Crippen molar-refractivity contribution in [3.63, 3.8) is 0 Å². The van der Waals surface area contributed by atoms with Crippen LogP contribution in [-0.2, 0) is 25.6 Å². The third kappa shape index (κ3) is 5.84. The van der Waals surface area contributed by atoms with Crippen LogP contribution in [0.5, 0.6) is 5.75 Å². The molecule has 1 amide bonds. The minimum Gasteiger partial charge on any atom is -0.487 e. The molecule has 0 saturated carbocycles. The number of amides is 1. The number of anilines is 1. The summed E-state index contributed by atoms with van der Waals surface area (Å²) in [7, 11) is -3.79. The molecule has 3 heterocycles. The van der Waals surface area contributed by atoms with Crippen molar-refractivity contribution >= 4 is 60.5 Å². The lowest BCUT2D eigenvalue weighted by atomic mass is 10.1. The number of piperazine rings is 1. The molecule has 0 radical (unpaired) electrons. The zero-order chi connectivity index (χ0) is 27.4. The molecule has 14 heteroatoms. The summed E-state index contributed by atoms with van der Waals surface area (Å²) in [6, 6.07) is 1.27. The van der Waals surface area contributed by atoms with Crippen LogP contribution >= 0.6 is 27.5 Å². The highest BCUT2D eigenvalue weighted by atomic mass is 79.9. The van der Waals surface area contributed by atoms with Crippen LogP contribution in [0.2, 0.25) is 5.02 Å². The van der Waals surface area contributed by atoms with Gasteiger partial charge in [-0.15, -0.1) is 0 Å². The van der Waals surface area contributed by atoms with E-state index in [1.165, 1.54) is 4.57 Å². The van der Waals surface area contributed by atoms with E-state index >= 15 is 0 Å². The second kappa shape index (κ2) is 9.90. The second-order valence-electron chi connectivity index (χ2n) is 10.4. The molecule has 11 nitrogen and oxygen atoms in total. The smallest absolute Gasteiger partial charge is 0.410 e. The van der Waals surface area contributed by atoms with Crippen LogP contribution in [0.1, 0.15) is 34.6 Å². The minimum atomic E-state index is -3.79. The van der Waals surface area contributed by atoms with Crippen LogP contribution in [0.4, 0.5) is 10.6 Å². The highest BCUT2D eigenvalue weighted by molar-refractivity contribution is 9.10. The molecule has 3 atom stereocenters. The Hall–Kier alpha value is -2.09. The standard InChI is InChI=1S/C23H30BrClN4O7S/c1-12-9-28(22(31)35-23(3,4)5)13(2)8-27(12)20-15-7-16(25)17(24)19-18(15)29(21(30)26-20)10-14(11-34-19)36-37(6,32)33/h7,12-14H,8-11H2,1-6H3/t12-,13+,14?/m0/s1. The predicted octanol–water partition coefficient (Wildman–Crippen LogP) is 3.38. The molecule has 2 aliphatic rings. The number of nitrogens with zero attached hydrogens (tertiary/aromatic N) is 4. The quantitative estimate of drug-likeness (QED) is 0.475. The number of hydrogen-bond acceptors (Lipinski definition) is 9. The normalized spacial score (nSPS) is 22.5. The summed E-state index contributed by atoms with van der Waals surface area (Å²) in [5, 5.41) is 0.902. The molecule has 1 aromatic heterocycles. The Kier molecular flexibility index (Phi) is 7.47. The fourth-order valence-electron chi connectivity index (χ4n) is 4.59. The van der Waals surface area contributed by atoms with E-state index < -0.39 is 33.6 Å². The Morgan fingerprint density at radius 1 is 1.22 bits per heavy atom. The first-order valence-corrected chi connectivity index (χ1v) is 14.7. The van der Waals surface area contributed by atoms with E-state index in [-0.39, 0.29) is 25.2 Å². The molecule has 2 aliphatic heterocycles. The lowest BCUT2D eigenvalue weighted by Crippen LogP contribution is -2.59. The van der Waals surface area contributed by atoms with Crippen LogP contribution in [0.25, 0.3) is 10.9 Å². The third-order valence-corrected chi connectivity index (χ3v) is 8.03. The van der Waals surface area contributed by atoms with Gasteiger partial charge in [0.15, 0.2) is 5.75 Å². The Morgan fingerprint density at radius 2 is 1.89 bits per heavy atom. The van der Waals surface area contributed by atoms with Crippen molar-refractivity contribution in [3.05, 3.63) is 26.0 Å². The van der Waals surface area contributed by atoms with Gasteiger partial charge in [-0.3, -0.25) is 8.75 Å². The van der Waals surface area contributed by atoms with Gasteiger partial charge in [0.1, 0.15) is 24.1 Å². The van der Waals surface area contributed by atoms with E-state index in [4.69, 9.17) is 25.3 Å². The zero-order valence-electron chi connectivity index (χ0n) is 21.4. The average molecular weight is 622 g/mol. The highest BCUT2D eigenvalue weighted by Crippen LogP contribution is 2.43. The first-order valence-electron chi connectivity index (χ1n) is 11.8. The van der Waals surface area contributed by atoms with Crippen LogP contribution in [0.3, 0.4) is 0 Å². The van der Waals surface area contributed by atoms with Crippen molar-refractivity contribution in [2.75, 3.05) is 30.9 Å². The van der Waals surface area contributed by atoms with E-state index in [1.54, 1.807) is 11.0 Å². The van der Waals surface area contributed by atoms with E-state index in [0.717, 1.165) is 6.26 Å². The maximum Gasteiger partial charge on any atom is 0.410 e. The molecule has 2 aromatic rings. The van der Waals surface area contributed by atoms with Crippen LogP contribution in [-0.4, -0.2) is 78.7 Å². The van der Waals surface area contributed by atoms with Crippen molar-refractivity contribution in [1.29, 1.82) is 0 Å². The van der Waals surface area contributed by atoms with Crippen molar-refractivity contribution in [3.8, 4) is 5.75 Å². The first kappa shape index (κ1) is 27.9. The number of hydrogen-bond donors (Lipinski definition) is 0. The fraction of sp³-hybridized carbons (Fsp3) is 0.609. The van der Waals surface area contributed by atoms with Gasteiger partial charge in [0.2, 0.25) is 0 Å². The molecule has 1 unspecified atom stereocenters. The molecule has 0 N–H and O–H groups in total. The topological polar surface area (TPSA) is 120 Å². The summed E-state index contributed by atoms with van der Waals surface area (Å²) in [6.45, 7) is 9.88. The molecule has 204 valence electrons. The van der Waals surface area contributed by atoms with E-state index in [1.807, 2.05) is 39.5 Å². The van der Waals surface area contributed by atoms with Gasteiger partial charge in [-0.25, -0.2) is 9.59 Å². The number of ether oxygens (including phenoxy) is 2. The number of rotatable bonds is 3. The van der Waals surface area contributed by atoms with Crippen LogP contribution in [0.15, 0.2) is 15.3 Å². The van der Waals surface area contributed by atoms with Gasteiger partial charge in [-0.05, 0) is 56.6 Å². The predicted molar refractivity (Wildman–Crippen MR) is 143 cm³/mol. The molecule has 0 bridgehead atoms. The summed E-state index contributed by atoms with van der Waals surface area (Å²) in [4.78, 5) is 34.1. The van der Waals surface area contributed by atoms with Gasteiger partial charge in [-0.1, -0.05) is 11.6 Å². The molecule has 1 aromatic carbocycles. The molecule has 4 rings (SSSR count). The van der Waals surface area contributed by atoms with Crippen molar-refractivity contribution < 1.29 is 26.9 Å². The van der Waals surface area contributed by atoms with E-state index in [2.05, 4.69) is 20.9 Å². The van der Waals surface area contributed by atoms with Crippen molar-refractivity contribution in [2.45, 2.75) is 65.0 Å². The number of halogens is 2. The minimum absolute atomic E-state index is 0.0743. The van der Waals surface area contributed by atoms with E-state index in [9.17, 15) is 18.0 Å². The summed E-state index contributed by atoms with van der Waals surface area (Å²) in [6.07, 6.45) is -0.389. The fourth-order valence-corrected chi connectivity index (χ4v) is 5.82. The van der Waals surface area contributed by atoms with Gasteiger partial charge in [0, 0.05) is 30.6 Å². The largest absolute Gasteiger partial charge is 0.487 e. The van der Waals surface area contributed by atoms with Crippen LogP contribution in [0, 0.1) is 0 Å². The molecule has 0 aliphatic carbocycles. The number of carbonyl (C=O) groups is 1. The summed E-state index contributed by atoms with van der Waals surface area (Å²) in [5.41, 5.74) is -0.773. The Morgan fingerprint density at radius 3 is 2.51 bits per heavy atom. The number of carbonyl (C=O) groups excluding carboxylic acids is 1. The van der Waals surface area contributed by atoms with E-state index in [0.29, 0.717) is 45.1 Å². The molecular formula is C23H30BrClN4O7S. The number of benzene rings is 1. The highest BCUT2D eigenvalue weighted by Gasteiger charge is 2.37. The van der Waals surface area contributed by atoms with Crippen molar-refractivity contribution in [1.82, 2.24) is 14.5 Å². The monoisotopic (exact) mass is 620 g/mol.